The predicted molar refractivity (Wildman–Crippen MR) is 181 cm³/mol. The molecule has 0 spiro atoms. The maximum absolute atomic E-state index is 9.87. The number of hydrogen-bond donors (Lipinski definition) is 4. The van der Waals surface area contributed by atoms with Crippen molar-refractivity contribution in [2.24, 2.45) is 35.5 Å². The molecular weight excluding hydrogens is 540 g/mol. The summed E-state index contributed by atoms with van der Waals surface area (Å²) in [6, 6.07) is 0. The van der Waals surface area contributed by atoms with Gasteiger partial charge in [0, 0.05) is 23.7 Å². The van der Waals surface area contributed by atoms with Gasteiger partial charge in [0.05, 0.1) is 11.1 Å². The fourth-order valence-electron chi connectivity index (χ4n) is 12.2. The number of hydrogen-bond acceptors (Lipinski definition) is 4. The molecule has 6 nitrogen and oxygen atoms in total. The molecule has 0 aromatic heterocycles. The lowest BCUT2D eigenvalue weighted by Gasteiger charge is -2.68. The van der Waals surface area contributed by atoms with E-state index in [0.29, 0.717) is 35.5 Å². The molecule has 0 heterocycles. The lowest BCUT2D eigenvalue weighted by Crippen LogP contribution is -2.73. The van der Waals surface area contributed by atoms with E-state index in [1.807, 2.05) is 0 Å². The van der Waals surface area contributed by atoms with Crippen LogP contribution < -0.4 is 0 Å². The topological polar surface area (TPSA) is 102 Å². The van der Waals surface area contributed by atoms with Crippen LogP contribution >= 0.6 is 0 Å². The van der Waals surface area contributed by atoms with Gasteiger partial charge in [-0.05, 0) is 102 Å². The number of nitrogens with one attached hydrogen (secondary N) is 4. The van der Waals surface area contributed by atoms with E-state index < -0.39 is 0 Å². The van der Waals surface area contributed by atoms with Crippen molar-refractivity contribution in [1.82, 2.24) is 9.80 Å². The third-order valence-corrected chi connectivity index (χ3v) is 13.9. The molecule has 8 aliphatic carbocycles. The van der Waals surface area contributed by atoms with Crippen LogP contribution in [0.4, 0.5) is 0 Å². The Morgan fingerprint density at radius 2 is 0.636 bits per heavy atom. The average molecular weight is 603 g/mol. The first-order valence-corrected chi connectivity index (χ1v) is 19.3. The highest BCUT2D eigenvalue weighted by Crippen LogP contribution is 2.62. The molecule has 0 radical (unpaired) electrons. The summed E-state index contributed by atoms with van der Waals surface area (Å²) in [6.45, 7) is 0. The second kappa shape index (κ2) is 12.8. The van der Waals surface area contributed by atoms with Crippen molar-refractivity contribution < 1.29 is 0 Å². The van der Waals surface area contributed by atoms with Crippen LogP contribution in [-0.4, -0.2) is 44.2 Å². The first-order chi connectivity index (χ1) is 21.4. The monoisotopic (exact) mass is 603 g/mol. The maximum Gasteiger partial charge on any atom is 0.105 e. The van der Waals surface area contributed by atoms with E-state index >= 15 is 0 Å². The Bertz CT molecular complexity index is 931. The normalized spacial score (nSPS) is 35.4. The van der Waals surface area contributed by atoms with Gasteiger partial charge in [0.1, 0.15) is 23.3 Å². The molecule has 8 aliphatic rings. The summed E-state index contributed by atoms with van der Waals surface area (Å²) in [4.78, 5) is 4.83. The van der Waals surface area contributed by atoms with Crippen LogP contribution in [0.1, 0.15) is 167 Å². The molecule has 6 heteroatoms. The van der Waals surface area contributed by atoms with Crippen molar-refractivity contribution >= 4 is 23.3 Å². The quantitative estimate of drug-likeness (QED) is 0.180. The Labute approximate surface area is 267 Å². The molecule has 244 valence electrons. The van der Waals surface area contributed by atoms with Gasteiger partial charge in [-0.25, -0.2) is 0 Å². The van der Waals surface area contributed by atoms with Crippen molar-refractivity contribution in [3.8, 4) is 0 Å². The minimum absolute atomic E-state index is 0.176. The third-order valence-electron chi connectivity index (χ3n) is 13.9. The van der Waals surface area contributed by atoms with Gasteiger partial charge in [-0.3, -0.25) is 21.6 Å². The Morgan fingerprint density at radius 3 is 0.886 bits per heavy atom. The molecule has 0 aromatic rings. The average Bonchev–Trinajstić information content (AvgIpc) is 3.05. The molecule has 8 saturated carbocycles. The lowest BCUT2D eigenvalue weighted by molar-refractivity contribution is -0.0930. The van der Waals surface area contributed by atoms with E-state index in [-0.39, 0.29) is 11.1 Å². The van der Waals surface area contributed by atoms with Gasteiger partial charge in [-0.15, -0.1) is 0 Å². The molecule has 0 aliphatic heterocycles. The third kappa shape index (κ3) is 5.72. The minimum atomic E-state index is -0.176. The fourth-order valence-corrected chi connectivity index (χ4v) is 12.2. The van der Waals surface area contributed by atoms with E-state index in [1.165, 1.54) is 83.5 Å². The summed E-state index contributed by atoms with van der Waals surface area (Å²) < 4.78 is 0. The van der Waals surface area contributed by atoms with Crippen molar-refractivity contribution in [1.29, 1.82) is 21.6 Å². The Hall–Kier alpha value is -1.72. The molecule has 0 aromatic carbocycles. The first kappa shape index (κ1) is 30.9. The van der Waals surface area contributed by atoms with Crippen LogP contribution in [-0.2, 0) is 0 Å². The minimum Gasteiger partial charge on any atom is -0.312 e. The van der Waals surface area contributed by atoms with Gasteiger partial charge in [0.25, 0.3) is 0 Å². The summed E-state index contributed by atoms with van der Waals surface area (Å²) in [5.74, 6) is 5.53. The van der Waals surface area contributed by atoms with Crippen molar-refractivity contribution in [2.45, 2.75) is 178 Å². The van der Waals surface area contributed by atoms with Crippen molar-refractivity contribution in [3.05, 3.63) is 0 Å². The summed E-state index contributed by atoms with van der Waals surface area (Å²) in [5, 5.41) is 39.5. The summed E-state index contributed by atoms with van der Waals surface area (Å²) in [7, 11) is 0. The Kier molecular flexibility index (Phi) is 9.01. The summed E-state index contributed by atoms with van der Waals surface area (Å²) >= 11 is 0. The zero-order chi connectivity index (χ0) is 30.3. The van der Waals surface area contributed by atoms with Gasteiger partial charge in [-0.1, -0.05) is 77.0 Å². The summed E-state index contributed by atoms with van der Waals surface area (Å²) in [5.41, 5.74) is -0.351. The molecule has 0 unspecified atom stereocenters. The van der Waals surface area contributed by atoms with Gasteiger partial charge >= 0.3 is 0 Å². The van der Waals surface area contributed by atoms with Gasteiger partial charge < -0.3 is 9.80 Å². The van der Waals surface area contributed by atoms with E-state index in [2.05, 4.69) is 9.80 Å². The van der Waals surface area contributed by atoms with Gasteiger partial charge in [0.2, 0.25) is 0 Å². The second-order valence-corrected chi connectivity index (χ2v) is 17.0. The van der Waals surface area contributed by atoms with E-state index in [9.17, 15) is 21.6 Å². The molecule has 44 heavy (non-hydrogen) atoms. The van der Waals surface area contributed by atoms with Crippen molar-refractivity contribution in [3.63, 3.8) is 0 Å². The molecule has 4 N–H and O–H groups in total. The molecule has 8 rings (SSSR count). The van der Waals surface area contributed by atoms with Gasteiger partial charge in [-0.2, -0.15) is 0 Å². The van der Waals surface area contributed by atoms with E-state index in [0.717, 1.165) is 107 Å². The highest BCUT2D eigenvalue weighted by Gasteiger charge is 2.64. The van der Waals surface area contributed by atoms with Crippen LogP contribution in [0.5, 0.6) is 0 Å². The largest absolute Gasteiger partial charge is 0.312 e. The van der Waals surface area contributed by atoms with Gasteiger partial charge in [0.15, 0.2) is 0 Å². The molecule has 0 amide bonds. The van der Waals surface area contributed by atoms with E-state index in [1.54, 1.807) is 0 Å². The van der Waals surface area contributed by atoms with E-state index in [4.69, 9.17) is 0 Å². The zero-order valence-electron chi connectivity index (χ0n) is 27.7. The molecule has 8 fully saturated rings. The number of rotatable bonds is 6. The fraction of sp³-hybridized carbons (Fsp3) is 0.895. The number of nitrogens with zero attached hydrogens (tertiary/aromatic N) is 2. The van der Waals surface area contributed by atoms with Crippen LogP contribution in [0.15, 0.2) is 0 Å². The van der Waals surface area contributed by atoms with Crippen LogP contribution in [0.2, 0.25) is 0 Å². The molecule has 4 bridgehead atoms. The lowest BCUT2D eigenvalue weighted by atomic mass is 9.48. The highest BCUT2D eigenvalue weighted by molar-refractivity contribution is 6.02. The van der Waals surface area contributed by atoms with Crippen LogP contribution in [0, 0.1) is 57.1 Å². The molecule has 0 saturated heterocycles. The molecule has 0 atom stereocenters. The smallest absolute Gasteiger partial charge is 0.105 e. The SMILES string of the molecule is N=C(C1CCCCC1)N(C(=N)C1CCCCC1)C12CC3CC(C1)CC(N(C(=N)C1CCCCC1)C(=N)C1CCCCC1)(C3)C2. The predicted octanol–water partition coefficient (Wildman–Crippen LogP) is 9.91. The highest BCUT2D eigenvalue weighted by atomic mass is 15.3. The standard InChI is InChI=1S/C38H62N6/c39-33(29-13-5-1-6-14-29)43(34(40)30-15-7-2-8-16-30)37-22-27-21-28(23-37)25-38(24-27,26-37)44(35(41)31-17-9-3-10-18-31)36(42)32-19-11-4-12-20-32/h27-32,39-42H,1-26H2. The summed E-state index contributed by atoms with van der Waals surface area (Å²) in [6.07, 6.45) is 30.7. The van der Waals surface area contributed by atoms with Crippen LogP contribution in [0.3, 0.4) is 0 Å². The second-order valence-electron chi connectivity index (χ2n) is 17.0. The zero-order valence-corrected chi connectivity index (χ0v) is 27.7. The maximum atomic E-state index is 9.87. The Morgan fingerprint density at radius 1 is 0.386 bits per heavy atom. The molecular formula is C38H62N6. The first-order valence-electron chi connectivity index (χ1n) is 19.3. The van der Waals surface area contributed by atoms with Crippen LogP contribution in [0.25, 0.3) is 0 Å². The Balaban J connectivity index is 1.27. The van der Waals surface area contributed by atoms with Crippen molar-refractivity contribution in [2.75, 3.05) is 0 Å². The number of amidine groups is 4.